The Kier molecular flexibility index (Phi) is 7.87. The van der Waals surface area contributed by atoms with Gasteiger partial charge in [-0.2, -0.15) is 0 Å². The van der Waals surface area contributed by atoms with E-state index in [4.69, 9.17) is 4.99 Å². The molecule has 1 fully saturated rings. The average molecular weight is 395 g/mol. The smallest absolute Gasteiger partial charge is 0.191 e. The molecule has 0 amide bonds. The van der Waals surface area contributed by atoms with Crippen LogP contribution in [0.25, 0.3) is 0 Å². The van der Waals surface area contributed by atoms with Crippen molar-refractivity contribution in [1.29, 1.82) is 0 Å². The standard InChI is InChI=1S/C23H34N6/c1-4-24-23(26-16-20-12-13-25-22(15-20)28(2)3)27-17-21-11-8-14-29(21)18-19-9-6-5-7-10-19/h5-7,9-10,12-13,15,21H,4,8,11,14,16-18H2,1-3H3,(H2,24,26,27). The van der Waals surface area contributed by atoms with E-state index in [1.54, 1.807) is 0 Å². The highest BCUT2D eigenvalue weighted by molar-refractivity contribution is 5.79. The molecule has 0 bridgehead atoms. The Labute approximate surface area is 175 Å². The van der Waals surface area contributed by atoms with E-state index in [9.17, 15) is 0 Å². The summed E-state index contributed by atoms with van der Waals surface area (Å²) in [6.07, 6.45) is 4.34. The van der Waals surface area contributed by atoms with Crippen LogP contribution in [0.4, 0.5) is 5.82 Å². The lowest BCUT2D eigenvalue weighted by Gasteiger charge is -2.25. The molecule has 0 saturated carbocycles. The largest absolute Gasteiger partial charge is 0.363 e. The molecule has 29 heavy (non-hydrogen) atoms. The number of hydrogen-bond donors (Lipinski definition) is 2. The lowest BCUT2D eigenvalue weighted by molar-refractivity contribution is 0.245. The van der Waals surface area contributed by atoms with E-state index < -0.39 is 0 Å². The van der Waals surface area contributed by atoms with Crippen molar-refractivity contribution < 1.29 is 0 Å². The van der Waals surface area contributed by atoms with Gasteiger partial charge >= 0.3 is 0 Å². The van der Waals surface area contributed by atoms with Crippen LogP contribution in [0.15, 0.2) is 53.7 Å². The summed E-state index contributed by atoms with van der Waals surface area (Å²) in [6, 6.07) is 15.4. The van der Waals surface area contributed by atoms with Crippen molar-refractivity contribution in [2.45, 2.75) is 38.9 Å². The van der Waals surface area contributed by atoms with Gasteiger partial charge in [0.2, 0.25) is 0 Å². The molecule has 2 N–H and O–H groups in total. The zero-order valence-corrected chi connectivity index (χ0v) is 17.9. The second-order valence-electron chi connectivity index (χ2n) is 7.74. The molecule has 1 aromatic heterocycles. The lowest BCUT2D eigenvalue weighted by atomic mass is 10.2. The first-order chi connectivity index (χ1) is 14.2. The van der Waals surface area contributed by atoms with Crippen molar-refractivity contribution in [2.24, 2.45) is 4.99 Å². The van der Waals surface area contributed by atoms with Crippen LogP contribution in [0.3, 0.4) is 0 Å². The summed E-state index contributed by atoms with van der Waals surface area (Å²) in [7, 11) is 4.01. The van der Waals surface area contributed by atoms with Crippen molar-refractivity contribution >= 4 is 11.8 Å². The highest BCUT2D eigenvalue weighted by Gasteiger charge is 2.24. The molecule has 1 unspecified atom stereocenters. The van der Waals surface area contributed by atoms with Crippen LogP contribution < -0.4 is 15.5 Å². The summed E-state index contributed by atoms with van der Waals surface area (Å²) in [5.41, 5.74) is 2.54. The number of rotatable bonds is 8. The zero-order chi connectivity index (χ0) is 20.5. The first-order valence-corrected chi connectivity index (χ1v) is 10.6. The van der Waals surface area contributed by atoms with Crippen molar-refractivity contribution in [3.05, 3.63) is 59.8 Å². The van der Waals surface area contributed by atoms with Crippen molar-refractivity contribution in [3.8, 4) is 0 Å². The minimum Gasteiger partial charge on any atom is -0.363 e. The van der Waals surface area contributed by atoms with Crippen LogP contribution in [0, 0.1) is 0 Å². The number of guanidine groups is 1. The van der Waals surface area contributed by atoms with Gasteiger partial charge in [0.05, 0.1) is 6.54 Å². The quantitative estimate of drug-likeness (QED) is 0.533. The van der Waals surface area contributed by atoms with Crippen LogP contribution >= 0.6 is 0 Å². The van der Waals surface area contributed by atoms with Gasteiger partial charge in [-0.25, -0.2) is 9.98 Å². The van der Waals surface area contributed by atoms with E-state index in [1.807, 2.05) is 31.3 Å². The second kappa shape index (κ2) is 10.8. The molecule has 0 spiro atoms. The Hall–Kier alpha value is -2.60. The summed E-state index contributed by atoms with van der Waals surface area (Å²) in [4.78, 5) is 13.8. The normalized spacial score (nSPS) is 17.3. The molecule has 2 aromatic rings. The SMILES string of the molecule is CCNC(=NCc1ccnc(N(C)C)c1)NCC1CCCN1Cc1ccccc1. The van der Waals surface area contributed by atoms with Crippen molar-refractivity contribution in [3.63, 3.8) is 0 Å². The van der Waals surface area contributed by atoms with Gasteiger partial charge in [-0.3, -0.25) is 4.90 Å². The molecule has 156 valence electrons. The number of pyridine rings is 1. The fourth-order valence-electron chi connectivity index (χ4n) is 3.68. The number of aromatic nitrogens is 1. The molecule has 2 heterocycles. The minimum atomic E-state index is 0.542. The van der Waals surface area contributed by atoms with Gasteiger partial charge in [0, 0.05) is 46.0 Å². The highest BCUT2D eigenvalue weighted by atomic mass is 15.2. The van der Waals surface area contributed by atoms with E-state index in [2.05, 4.69) is 63.8 Å². The maximum atomic E-state index is 4.78. The number of likely N-dealkylation sites (tertiary alicyclic amines) is 1. The summed E-state index contributed by atoms with van der Waals surface area (Å²) >= 11 is 0. The average Bonchev–Trinajstić information content (AvgIpc) is 3.18. The van der Waals surface area contributed by atoms with Crippen LogP contribution in [0.1, 0.15) is 30.9 Å². The Bertz CT molecular complexity index is 774. The van der Waals surface area contributed by atoms with Crippen LogP contribution in [0.2, 0.25) is 0 Å². The number of hydrogen-bond acceptors (Lipinski definition) is 4. The molecule has 1 atom stereocenters. The molecule has 0 aliphatic carbocycles. The maximum absolute atomic E-state index is 4.78. The van der Waals surface area contributed by atoms with Gasteiger partial charge in [0.1, 0.15) is 5.82 Å². The molecule has 0 radical (unpaired) electrons. The minimum absolute atomic E-state index is 0.542. The molecule has 1 saturated heterocycles. The van der Waals surface area contributed by atoms with E-state index in [0.29, 0.717) is 12.6 Å². The number of benzene rings is 1. The summed E-state index contributed by atoms with van der Waals surface area (Å²) in [5, 5.41) is 6.93. The second-order valence-corrected chi connectivity index (χ2v) is 7.74. The van der Waals surface area contributed by atoms with Gasteiger partial charge in [-0.05, 0) is 49.6 Å². The van der Waals surface area contributed by atoms with E-state index in [1.165, 1.54) is 24.9 Å². The topological polar surface area (TPSA) is 55.8 Å². The third kappa shape index (κ3) is 6.46. The lowest BCUT2D eigenvalue weighted by Crippen LogP contribution is -2.44. The molecular weight excluding hydrogens is 360 g/mol. The van der Waals surface area contributed by atoms with Gasteiger partial charge in [-0.1, -0.05) is 30.3 Å². The zero-order valence-electron chi connectivity index (χ0n) is 17.9. The molecule has 6 nitrogen and oxygen atoms in total. The van der Waals surface area contributed by atoms with Crippen molar-refractivity contribution in [1.82, 2.24) is 20.5 Å². The Morgan fingerprint density at radius 2 is 2.00 bits per heavy atom. The molecule has 1 aromatic carbocycles. The first kappa shape index (κ1) is 21.1. The summed E-state index contributed by atoms with van der Waals surface area (Å²) in [6.45, 7) is 6.69. The van der Waals surface area contributed by atoms with E-state index in [0.717, 1.165) is 37.0 Å². The third-order valence-electron chi connectivity index (χ3n) is 5.26. The van der Waals surface area contributed by atoms with Crippen LogP contribution in [-0.2, 0) is 13.1 Å². The number of nitrogens with zero attached hydrogens (tertiary/aromatic N) is 4. The fraction of sp³-hybridized carbons (Fsp3) is 0.478. The number of nitrogens with one attached hydrogen (secondary N) is 2. The number of anilines is 1. The van der Waals surface area contributed by atoms with Crippen LogP contribution in [0.5, 0.6) is 0 Å². The molecule has 1 aliphatic rings. The van der Waals surface area contributed by atoms with E-state index >= 15 is 0 Å². The Morgan fingerprint density at radius 1 is 1.17 bits per heavy atom. The fourth-order valence-corrected chi connectivity index (χ4v) is 3.68. The Balaban J connectivity index is 1.57. The monoisotopic (exact) mass is 394 g/mol. The molecule has 6 heteroatoms. The predicted octanol–water partition coefficient (Wildman–Crippen LogP) is 2.87. The summed E-state index contributed by atoms with van der Waals surface area (Å²) < 4.78 is 0. The van der Waals surface area contributed by atoms with Gasteiger partial charge in [0.25, 0.3) is 0 Å². The third-order valence-corrected chi connectivity index (χ3v) is 5.26. The van der Waals surface area contributed by atoms with Gasteiger partial charge < -0.3 is 15.5 Å². The van der Waals surface area contributed by atoms with Crippen molar-refractivity contribution in [2.75, 3.05) is 38.6 Å². The molecule has 1 aliphatic heterocycles. The van der Waals surface area contributed by atoms with E-state index in [-0.39, 0.29) is 0 Å². The first-order valence-electron chi connectivity index (χ1n) is 10.6. The number of aliphatic imine (C=N–C) groups is 1. The summed E-state index contributed by atoms with van der Waals surface area (Å²) in [5.74, 6) is 1.83. The predicted molar refractivity (Wildman–Crippen MR) is 121 cm³/mol. The highest BCUT2D eigenvalue weighted by Crippen LogP contribution is 2.19. The van der Waals surface area contributed by atoms with Gasteiger partial charge in [-0.15, -0.1) is 0 Å². The maximum Gasteiger partial charge on any atom is 0.191 e. The molecular formula is C23H34N6. The van der Waals surface area contributed by atoms with Crippen LogP contribution in [-0.4, -0.2) is 55.6 Å². The molecule has 3 rings (SSSR count). The van der Waals surface area contributed by atoms with Gasteiger partial charge in [0.15, 0.2) is 5.96 Å². The Morgan fingerprint density at radius 3 is 2.76 bits per heavy atom.